The second kappa shape index (κ2) is 8.27. The highest BCUT2D eigenvalue weighted by Crippen LogP contribution is 2.35. The number of anilines is 1. The molecule has 146 valence electrons. The van der Waals surface area contributed by atoms with Crippen LogP contribution in [0.3, 0.4) is 0 Å². The maximum atomic E-state index is 12.8. The average molecular weight is 396 g/mol. The van der Waals surface area contributed by atoms with Crippen LogP contribution in [0.2, 0.25) is 0 Å². The highest BCUT2D eigenvalue weighted by atomic mass is 32.2. The van der Waals surface area contributed by atoms with Crippen LogP contribution in [-0.2, 0) is 4.79 Å². The van der Waals surface area contributed by atoms with E-state index in [2.05, 4.69) is 9.89 Å². The molecule has 0 bridgehead atoms. The lowest BCUT2D eigenvalue weighted by Crippen LogP contribution is -2.28. The summed E-state index contributed by atoms with van der Waals surface area (Å²) in [4.78, 5) is 22.1. The molecule has 0 N–H and O–H groups in total. The van der Waals surface area contributed by atoms with Crippen LogP contribution in [0, 0.1) is 6.92 Å². The van der Waals surface area contributed by atoms with Crippen LogP contribution in [0.15, 0.2) is 50.7 Å². The fourth-order valence-corrected chi connectivity index (χ4v) is 4.48. The highest BCUT2D eigenvalue weighted by Gasteiger charge is 2.32. The summed E-state index contributed by atoms with van der Waals surface area (Å²) >= 11 is 1.40. The van der Waals surface area contributed by atoms with E-state index in [-0.39, 0.29) is 5.91 Å². The van der Waals surface area contributed by atoms with Crippen molar-refractivity contribution in [1.82, 2.24) is 4.90 Å². The summed E-state index contributed by atoms with van der Waals surface area (Å²) in [5.41, 5.74) is 2.04. The quantitative estimate of drug-likeness (QED) is 0.668. The van der Waals surface area contributed by atoms with Gasteiger partial charge < -0.3 is 9.32 Å². The van der Waals surface area contributed by atoms with E-state index in [0.29, 0.717) is 22.4 Å². The maximum Gasteiger partial charge on any atom is 0.266 e. The van der Waals surface area contributed by atoms with Gasteiger partial charge in [-0.2, -0.15) is 0 Å². The first-order valence-electron chi connectivity index (χ1n) is 9.85. The van der Waals surface area contributed by atoms with Gasteiger partial charge in [-0.05, 0) is 63.1 Å². The molecule has 4 rings (SSSR count). The van der Waals surface area contributed by atoms with Crippen LogP contribution >= 0.6 is 11.8 Å². The molecule has 2 fully saturated rings. The number of carbonyl (C=O) groups excluding carboxylic acids is 1. The van der Waals surface area contributed by atoms with E-state index in [4.69, 9.17) is 4.42 Å². The van der Waals surface area contributed by atoms with Crippen molar-refractivity contribution < 1.29 is 9.21 Å². The van der Waals surface area contributed by atoms with Gasteiger partial charge in [0.05, 0.1) is 10.6 Å². The maximum absolute atomic E-state index is 12.8. The van der Waals surface area contributed by atoms with Crippen LogP contribution < -0.4 is 4.90 Å². The van der Waals surface area contributed by atoms with Crippen molar-refractivity contribution in [2.24, 2.45) is 4.99 Å². The van der Waals surface area contributed by atoms with Crippen molar-refractivity contribution >= 4 is 40.5 Å². The summed E-state index contributed by atoms with van der Waals surface area (Å²) < 4.78 is 5.99. The Morgan fingerprint density at radius 1 is 1.11 bits per heavy atom. The second-order valence-corrected chi connectivity index (χ2v) is 8.12. The van der Waals surface area contributed by atoms with E-state index in [1.807, 2.05) is 56.3 Å². The predicted molar refractivity (Wildman–Crippen MR) is 116 cm³/mol. The Kier molecular flexibility index (Phi) is 5.57. The molecule has 0 spiro atoms. The van der Waals surface area contributed by atoms with Crippen molar-refractivity contribution in [2.75, 3.05) is 24.5 Å². The minimum absolute atomic E-state index is 0.0192. The number of nitrogens with zero attached hydrogens (tertiary/aromatic N) is 3. The number of hydrogen-bond acceptors (Lipinski definition) is 5. The molecule has 2 aliphatic rings. The van der Waals surface area contributed by atoms with E-state index in [1.165, 1.54) is 36.6 Å². The van der Waals surface area contributed by atoms with Gasteiger partial charge in [0.15, 0.2) is 11.1 Å². The van der Waals surface area contributed by atoms with E-state index in [0.717, 1.165) is 24.7 Å². The summed E-state index contributed by atoms with van der Waals surface area (Å²) in [6.07, 6.45) is 5.53. The normalized spacial score (nSPS) is 20.6. The zero-order valence-corrected chi connectivity index (χ0v) is 17.2. The van der Waals surface area contributed by atoms with Crippen molar-refractivity contribution in [1.29, 1.82) is 0 Å². The third kappa shape index (κ3) is 4.02. The Bertz CT molecular complexity index is 908. The van der Waals surface area contributed by atoms with Crippen molar-refractivity contribution in [2.45, 2.75) is 33.1 Å². The van der Waals surface area contributed by atoms with Crippen molar-refractivity contribution in [3.8, 4) is 0 Å². The lowest BCUT2D eigenvalue weighted by atomic mass is 10.1. The van der Waals surface area contributed by atoms with Crippen LogP contribution in [0.5, 0.6) is 0 Å². The Morgan fingerprint density at radius 2 is 1.86 bits per heavy atom. The van der Waals surface area contributed by atoms with Crippen molar-refractivity contribution in [3.63, 3.8) is 0 Å². The number of furan rings is 1. The Balaban J connectivity index is 1.55. The van der Waals surface area contributed by atoms with Crippen LogP contribution in [0.4, 0.5) is 11.6 Å². The molecule has 0 unspecified atom stereocenters. The van der Waals surface area contributed by atoms with Gasteiger partial charge in [-0.25, -0.2) is 4.99 Å². The lowest BCUT2D eigenvalue weighted by molar-refractivity contribution is -0.122. The first-order valence-corrected chi connectivity index (χ1v) is 10.7. The van der Waals surface area contributed by atoms with Gasteiger partial charge in [0.25, 0.3) is 5.91 Å². The Morgan fingerprint density at radius 3 is 2.57 bits per heavy atom. The standard InChI is InChI=1S/C22H25N3O2S/c1-3-25-21(26)19(28-22(25)23-17-9-7-16(2)8-10-17)15-18-11-12-20(27-18)24-13-5-4-6-14-24/h7-12,15H,3-6,13-14H2,1-2H3/b19-15+,23-22?. The van der Waals surface area contributed by atoms with Gasteiger partial charge in [0.1, 0.15) is 5.76 Å². The number of piperidine rings is 1. The van der Waals surface area contributed by atoms with Gasteiger partial charge in [-0.1, -0.05) is 17.7 Å². The summed E-state index contributed by atoms with van der Waals surface area (Å²) in [6.45, 7) is 6.67. The SMILES string of the molecule is CCN1C(=O)/C(=C\c2ccc(N3CCCCC3)o2)SC1=Nc1ccc(C)cc1. The largest absolute Gasteiger partial charge is 0.441 e. The van der Waals surface area contributed by atoms with Crippen LogP contribution in [0.1, 0.15) is 37.5 Å². The van der Waals surface area contributed by atoms with Gasteiger partial charge in [-0.3, -0.25) is 9.69 Å². The predicted octanol–water partition coefficient (Wildman–Crippen LogP) is 5.20. The topological polar surface area (TPSA) is 49.1 Å². The third-order valence-electron chi connectivity index (χ3n) is 5.02. The molecule has 28 heavy (non-hydrogen) atoms. The molecule has 1 aromatic heterocycles. The van der Waals surface area contributed by atoms with E-state index < -0.39 is 0 Å². The van der Waals surface area contributed by atoms with Crippen molar-refractivity contribution in [3.05, 3.63) is 52.6 Å². The monoisotopic (exact) mass is 395 g/mol. The minimum atomic E-state index is -0.0192. The molecule has 3 heterocycles. The molecule has 0 atom stereocenters. The van der Waals surface area contributed by atoms with Gasteiger partial charge >= 0.3 is 0 Å². The number of likely N-dealkylation sites (N-methyl/N-ethyl adjacent to an activating group) is 1. The number of rotatable bonds is 4. The third-order valence-corrected chi connectivity index (χ3v) is 6.02. The number of aliphatic imine (C=N–C) groups is 1. The van der Waals surface area contributed by atoms with E-state index >= 15 is 0 Å². The summed E-state index contributed by atoms with van der Waals surface area (Å²) in [5.74, 6) is 1.58. The molecule has 1 aromatic carbocycles. The summed E-state index contributed by atoms with van der Waals surface area (Å²) in [6, 6.07) is 11.9. The molecule has 6 heteroatoms. The molecule has 2 saturated heterocycles. The van der Waals surface area contributed by atoms with Gasteiger partial charge in [0.2, 0.25) is 0 Å². The molecule has 1 amide bonds. The van der Waals surface area contributed by atoms with E-state index in [9.17, 15) is 4.79 Å². The van der Waals surface area contributed by atoms with Gasteiger partial charge in [0, 0.05) is 31.8 Å². The fourth-order valence-electron chi connectivity index (χ4n) is 3.43. The first-order chi connectivity index (χ1) is 13.6. The number of amidine groups is 1. The number of hydrogen-bond donors (Lipinski definition) is 0. The number of aryl methyl sites for hydroxylation is 1. The lowest BCUT2D eigenvalue weighted by Gasteiger charge is -2.25. The average Bonchev–Trinajstić information content (AvgIpc) is 3.29. The Hall–Kier alpha value is -2.47. The molecular formula is C22H25N3O2S. The smallest absolute Gasteiger partial charge is 0.266 e. The second-order valence-electron chi connectivity index (χ2n) is 7.11. The number of thioether (sulfide) groups is 1. The zero-order chi connectivity index (χ0) is 19.5. The number of benzene rings is 1. The number of amides is 1. The molecular weight excluding hydrogens is 370 g/mol. The summed E-state index contributed by atoms with van der Waals surface area (Å²) in [5, 5.41) is 0.713. The molecule has 0 aliphatic carbocycles. The molecule has 0 radical (unpaired) electrons. The number of carbonyl (C=O) groups is 1. The molecule has 5 nitrogen and oxygen atoms in total. The minimum Gasteiger partial charge on any atom is -0.441 e. The van der Waals surface area contributed by atoms with E-state index in [1.54, 1.807) is 4.90 Å². The first kappa shape index (κ1) is 18.9. The molecule has 0 saturated carbocycles. The highest BCUT2D eigenvalue weighted by molar-refractivity contribution is 8.18. The molecule has 2 aromatic rings. The van der Waals surface area contributed by atoms with Crippen LogP contribution in [-0.4, -0.2) is 35.6 Å². The Labute approximate surface area is 170 Å². The zero-order valence-electron chi connectivity index (χ0n) is 16.4. The van der Waals surface area contributed by atoms with Gasteiger partial charge in [-0.15, -0.1) is 0 Å². The molecule has 2 aliphatic heterocycles. The summed E-state index contributed by atoms with van der Waals surface area (Å²) in [7, 11) is 0. The fraction of sp³-hybridized carbons (Fsp3) is 0.364. The van der Waals surface area contributed by atoms with Crippen LogP contribution in [0.25, 0.3) is 6.08 Å².